The van der Waals surface area contributed by atoms with Crippen LogP contribution in [0.15, 0.2) is 18.2 Å². The summed E-state index contributed by atoms with van der Waals surface area (Å²) in [6, 6.07) is 4.18. The van der Waals surface area contributed by atoms with Crippen molar-refractivity contribution in [1.29, 1.82) is 0 Å². The molecule has 33 heavy (non-hydrogen) atoms. The Balaban J connectivity index is 1.67. The molecule has 2 aliphatic heterocycles. The van der Waals surface area contributed by atoms with Gasteiger partial charge in [-0.1, -0.05) is 13.8 Å². The van der Waals surface area contributed by atoms with Gasteiger partial charge in [0.1, 0.15) is 6.04 Å². The largest absolute Gasteiger partial charge is 0.454 e. The summed E-state index contributed by atoms with van der Waals surface area (Å²) in [7, 11) is 0. The van der Waals surface area contributed by atoms with Crippen molar-refractivity contribution in [2.45, 2.75) is 59.0 Å². The van der Waals surface area contributed by atoms with Crippen molar-refractivity contribution < 1.29 is 23.9 Å². The summed E-state index contributed by atoms with van der Waals surface area (Å²) in [5.41, 5.74) is 0.0918. The molecule has 1 saturated heterocycles. The van der Waals surface area contributed by atoms with E-state index in [1.807, 2.05) is 34.6 Å². The van der Waals surface area contributed by atoms with Crippen molar-refractivity contribution in [3.05, 3.63) is 23.8 Å². The third-order valence-electron chi connectivity index (χ3n) is 5.67. The second-order valence-corrected chi connectivity index (χ2v) is 10.2. The predicted octanol–water partition coefficient (Wildman–Crippen LogP) is 2.51. The highest BCUT2D eigenvalue weighted by Gasteiger charge is 2.34. The van der Waals surface area contributed by atoms with Gasteiger partial charge in [-0.05, 0) is 63.6 Å². The van der Waals surface area contributed by atoms with E-state index in [9.17, 15) is 14.4 Å². The summed E-state index contributed by atoms with van der Waals surface area (Å²) in [5, 5.41) is 8.86. The van der Waals surface area contributed by atoms with Crippen molar-refractivity contribution in [3.8, 4) is 11.5 Å². The average molecular weight is 461 g/mol. The van der Waals surface area contributed by atoms with Gasteiger partial charge in [0, 0.05) is 30.7 Å². The Morgan fingerprint density at radius 3 is 2.39 bits per heavy atom. The summed E-state index contributed by atoms with van der Waals surface area (Å²) < 4.78 is 10.7. The van der Waals surface area contributed by atoms with E-state index in [0.29, 0.717) is 55.5 Å². The zero-order chi connectivity index (χ0) is 24.2. The van der Waals surface area contributed by atoms with Crippen LogP contribution in [0.25, 0.3) is 0 Å². The number of likely N-dealkylation sites (tertiary alicyclic amines) is 1. The Bertz CT molecular complexity index is 872. The first-order valence-corrected chi connectivity index (χ1v) is 11.6. The number of nitrogens with zero attached hydrogens (tertiary/aromatic N) is 1. The minimum Gasteiger partial charge on any atom is -0.454 e. The molecule has 0 aliphatic carbocycles. The summed E-state index contributed by atoms with van der Waals surface area (Å²) in [5.74, 6) is 0.789. The highest BCUT2D eigenvalue weighted by Crippen LogP contribution is 2.32. The smallest absolute Gasteiger partial charge is 0.317 e. The van der Waals surface area contributed by atoms with Crippen molar-refractivity contribution in [2.24, 2.45) is 11.8 Å². The molecule has 2 heterocycles. The van der Waals surface area contributed by atoms with Crippen molar-refractivity contribution in [3.63, 3.8) is 0 Å². The number of urea groups is 1. The minimum atomic E-state index is -0.686. The molecule has 3 rings (SSSR count). The molecule has 1 aromatic rings. The van der Waals surface area contributed by atoms with E-state index in [1.165, 1.54) is 0 Å². The molecule has 0 radical (unpaired) electrons. The fourth-order valence-electron chi connectivity index (χ4n) is 3.91. The van der Waals surface area contributed by atoms with Gasteiger partial charge in [0.15, 0.2) is 11.5 Å². The average Bonchev–Trinajstić information content (AvgIpc) is 3.22. The van der Waals surface area contributed by atoms with Gasteiger partial charge >= 0.3 is 6.03 Å². The van der Waals surface area contributed by atoms with E-state index in [-0.39, 0.29) is 36.1 Å². The number of ether oxygens (including phenoxy) is 2. The number of carbonyl (C=O) groups is 3. The molecular weight excluding hydrogens is 424 g/mol. The Labute approximate surface area is 195 Å². The van der Waals surface area contributed by atoms with Crippen LogP contribution < -0.4 is 25.4 Å². The Kier molecular flexibility index (Phi) is 7.71. The van der Waals surface area contributed by atoms with Gasteiger partial charge in [-0.25, -0.2) is 4.79 Å². The fourth-order valence-corrected chi connectivity index (χ4v) is 3.91. The molecule has 0 bridgehead atoms. The lowest BCUT2D eigenvalue weighted by Gasteiger charge is -2.37. The van der Waals surface area contributed by atoms with Crippen LogP contribution in [0, 0.1) is 11.8 Å². The van der Waals surface area contributed by atoms with Crippen LogP contribution in [0.2, 0.25) is 0 Å². The molecule has 0 spiro atoms. The second kappa shape index (κ2) is 10.3. The van der Waals surface area contributed by atoms with Crippen LogP contribution in [-0.4, -0.2) is 60.8 Å². The number of nitrogens with one attached hydrogen (secondary N) is 3. The molecule has 9 heteroatoms. The van der Waals surface area contributed by atoms with Crippen LogP contribution in [0.3, 0.4) is 0 Å². The number of hydrogen-bond donors (Lipinski definition) is 3. The SMILES string of the molecule is CC(C)CNC(=O)C(NC(=O)c1ccc2c(c1)OCO2)C1CCN(C(=O)NC(C)(C)C)CC1. The molecule has 4 amide bonds. The molecule has 182 valence electrons. The molecule has 2 aliphatic rings. The Morgan fingerprint density at radius 2 is 1.76 bits per heavy atom. The number of hydrogen-bond acceptors (Lipinski definition) is 5. The lowest BCUT2D eigenvalue weighted by molar-refractivity contribution is -0.124. The quantitative estimate of drug-likeness (QED) is 0.604. The van der Waals surface area contributed by atoms with Gasteiger partial charge in [0.05, 0.1) is 0 Å². The maximum atomic E-state index is 13.0. The third-order valence-corrected chi connectivity index (χ3v) is 5.67. The van der Waals surface area contributed by atoms with E-state index in [2.05, 4.69) is 16.0 Å². The van der Waals surface area contributed by atoms with Gasteiger partial charge in [-0.15, -0.1) is 0 Å². The van der Waals surface area contributed by atoms with Crippen LogP contribution in [-0.2, 0) is 4.79 Å². The number of benzene rings is 1. The van der Waals surface area contributed by atoms with Gasteiger partial charge in [0.2, 0.25) is 12.7 Å². The first-order chi connectivity index (χ1) is 15.5. The standard InChI is InChI=1S/C24H36N4O5/c1-15(2)13-25-22(30)20(16-8-10-28(11-9-16)23(31)27-24(3,4)5)26-21(29)17-6-7-18-19(12-17)33-14-32-18/h6-7,12,15-16,20H,8-11,13-14H2,1-5H3,(H,25,30)(H,26,29)(H,27,31). The molecular formula is C24H36N4O5. The maximum Gasteiger partial charge on any atom is 0.317 e. The molecule has 3 N–H and O–H groups in total. The second-order valence-electron chi connectivity index (χ2n) is 10.2. The molecule has 0 saturated carbocycles. The molecule has 1 aromatic carbocycles. The van der Waals surface area contributed by atoms with Crippen molar-refractivity contribution >= 4 is 17.8 Å². The normalized spacial score (nSPS) is 17.0. The Morgan fingerprint density at radius 1 is 1.09 bits per heavy atom. The van der Waals surface area contributed by atoms with Crippen LogP contribution >= 0.6 is 0 Å². The van der Waals surface area contributed by atoms with Gasteiger partial charge in [0.25, 0.3) is 5.91 Å². The molecule has 1 fully saturated rings. The first kappa shape index (κ1) is 24.7. The maximum absolute atomic E-state index is 13.0. The van der Waals surface area contributed by atoms with Crippen LogP contribution in [0.5, 0.6) is 11.5 Å². The molecule has 1 unspecified atom stereocenters. The van der Waals surface area contributed by atoms with E-state index in [4.69, 9.17) is 9.47 Å². The van der Waals surface area contributed by atoms with Gasteiger partial charge in [-0.3, -0.25) is 9.59 Å². The number of amides is 4. The fraction of sp³-hybridized carbons (Fsp3) is 0.625. The first-order valence-electron chi connectivity index (χ1n) is 11.6. The summed E-state index contributed by atoms with van der Waals surface area (Å²) in [6.45, 7) is 11.6. The molecule has 0 aromatic heterocycles. The summed E-state index contributed by atoms with van der Waals surface area (Å²) in [4.78, 5) is 40.3. The third kappa shape index (κ3) is 6.76. The predicted molar refractivity (Wildman–Crippen MR) is 124 cm³/mol. The van der Waals surface area contributed by atoms with E-state index >= 15 is 0 Å². The molecule has 9 nitrogen and oxygen atoms in total. The lowest BCUT2D eigenvalue weighted by atomic mass is 9.88. The van der Waals surface area contributed by atoms with Gasteiger partial charge < -0.3 is 30.3 Å². The Hall–Kier alpha value is -2.97. The zero-order valence-corrected chi connectivity index (χ0v) is 20.2. The topological polar surface area (TPSA) is 109 Å². The lowest BCUT2D eigenvalue weighted by Crippen LogP contribution is -2.56. The van der Waals surface area contributed by atoms with Crippen molar-refractivity contribution in [1.82, 2.24) is 20.9 Å². The highest BCUT2D eigenvalue weighted by molar-refractivity contribution is 5.98. The summed E-state index contributed by atoms with van der Waals surface area (Å²) >= 11 is 0. The van der Waals surface area contributed by atoms with Crippen molar-refractivity contribution in [2.75, 3.05) is 26.4 Å². The number of fused-ring (bicyclic) bond motifs is 1. The number of carbonyl (C=O) groups excluding carboxylic acids is 3. The van der Waals surface area contributed by atoms with E-state index in [0.717, 1.165) is 0 Å². The minimum absolute atomic E-state index is 0.0752. The van der Waals surface area contributed by atoms with Gasteiger partial charge in [-0.2, -0.15) is 0 Å². The van der Waals surface area contributed by atoms with E-state index in [1.54, 1.807) is 23.1 Å². The van der Waals surface area contributed by atoms with Crippen LogP contribution in [0.1, 0.15) is 57.8 Å². The number of piperidine rings is 1. The monoisotopic (exact) mass is 460 g/mol. The summed E-state index contributed by atoms with van der Waals surface area (Å²) in [6.07, 6.45) is 1.25. The highest BCUT2D eigenvalue weighted by atomic mass is 16.7. The van der Waals surface area contributed by atoms with E-state index < -0.39 is 6.04 Å². The molecule has 1 atom stereocenters. The van der Waals surface area contributed by atoms with Crippen LogP contribution in [0.4, 0.5) is 4.79 Å². The number of rotatable bonds is 6. The zero-order valence-electron chi connectivity index (χ0n) is 20.2.